The van der Waals surface area contributed by atoms with E-state index in [-0.39, 0.29) is 29.0 Å². The Morgan fingerprint density at radius 1 is 1.03 bits per heavy atom. The number of hydrogen-bond donors (Lipinski definition) is 2. The zero-order chi connectivity index (χ0) is 25.7. The Labute approximate surface area is 214 Å². The zero-order valence-corrected chi connectivity index (χ0v) is 20.7. The molecule has 1 atom stereocenters. The molecule has 2 N–H and O–H groups in total. The lowest BCUT2D eigenvalue weighted by atomic mass is 10.1. The maximum Gasteiger partial charge on any atom is 0.252 e. The average Bonchev–Trinajstić information content (AvgIpc) is 3.08. The predicted octanol–water partition coefficient (Wildman–Crippen LogP) is 2.45. The summed E-state index contributed by atoms with van der Waals surface area (Å²) in [6.45, 7) is 5.13. The fourth-order valence-corrected chi connectivity index (χ4v) is 4.65. The molecule has 2 heterocycles. The molecule has 3 amide bonds. The molecule has 1 unspecified atom stereocenters. The number of ether oxygens (including phenoxy) is 1. The van der Waals surface area contributed by atoms with E-state index >= 15 is 0 Å². The summed E-state index contributed by atoms with van der Waals surface area (Å²) < 4.78 is 20.1. The normalized spacial score (nSPS) is 18.4. The molecule has 9 nitrogen and oxygen atoms in total. The van der Waals surface area contributed by atoms with Crippen LogP contribution in [0.1, 0.15) is 13.3 Å². The molecule has 0 saturated carbocycles. The van der Waals surface area contributed by atoms with Gasteiger partial charge in [0.1, 0.15) is 11.9 Å². The topological polar surface area (TPSA) is 94.2 Å². The van der Waals surface area contributed by atoms with Crippen molar-refractivity contribution in [2.75, 3.05) is 54.9 Å². The largest absolute Gasteiger partial charge is 0.379 e. The highest BCUT2D eigenvalue weighted by atomic mass is 32.1. The number of nitrogens with zero attached hydrogens (tertiary/aromatic N) is 3. The van der Waals surface area contributed by atoms with Gasteiger partial charge in [-0.05, 0) is 48.6 Å². The standard InChI is InChI=1S/C25H28FN5O4S/c1-17(32)27-18-6-8-19(9-7-18)28-23(33)16-22-24(34)30(11-10-29-12-14-35-15-13-29)25(36)31(22)21-5-3-2-4-20(21)26/h2-9,22H,10-16H2,1H3,(H,27,32)(H,28,33). The lowest BCUT2D eigenvalue weighted by Gasteiger charge is -2.28. The van der Waals surface area contributed by atoms with Crippen molar-refractivity contribution in [3.05, 3.63) is 54.3 Å². The molecule has 4 rings (SSSR count). The number of amides is 3. The molecule has 190 valence electrons. The maximum atomic E-state index is 14.7. The predicted molar refractivity (Wildman–Crippen MR) is 138 cm³/mol. The van der Waals surface area contributed by atoms with Crippen LogP contribution in [0.15, 0.2) is 48.5 Å². The molecule has 2 saturated heterocycles. The molecule has 2 aromatic carbocycles. The van der Waals surface area contributed by atoms with E-state index in [1.165, 1.54) is 22.8 Å². The minimum absolute atomic E-state index is 0.155. The van der Waals surface area contributed by atoms with Crippen LogP contribution in [0.5, 0.6) is 0 Å². The van der Waals surface area contributed by atoms with Crippen LogP contribution >= 0.6 is 12.2 Å². The monoisotopic (exact) mass is 513 g/mol. The lowest BCUT2D eigenvalue weighted by Crippen LogP contribution is -2.43. The van der Waals surface area contributed by atoms with Crippen LogP contribution in [0.25, 0.3) is 0 Å². The van der Waals surface area contributed by atoms with Gasteiger partial charge in [0.25, 0.3) is 5.91 Å². The van der Waals surface area contributed by atoms with Crippen molar-refractivity contribution in [2.45, 2.75) is 19.4 Å². The van der Waals surface area contributed by atoms with Gasteiger partial charge >= 0.3 is 0 Å². The van der Waals surface area contributed by atoms with Gasteiger partial charge in [-0.3, -0.25) is 24.2 Å². The number of benzene rings is 2. The number of para-hydroxylation sites is 1. The van der Waals surface area contributed by atoms with Gasteiger partial charge < -0.3 is 20.3 Å². The fraction of sp³-hybridized carbons (Fsp3) is 0.360. The zero-order valence-electron chi connectivity index (χ0n) is 19.9. The molecule has 2 aliphatic heterocycles. The first-order valence-corrected chi connectivity index (χ1v) is 12.1. The van der Waals surface area contributed by atoms with Crippen LogP contribution < -0.4 is 15.5 Å². The minimum atomic E-state index is -0.974. The molecular weight excluding hydrogens is 485 g/mol. The molecule has 11 heteroatoms. The van der Waals surface area contributed by atoms with Crippen LogP contribution in [-0.2, 0) is 19.1 Å². The van der Waals surface area contributed by atoms with Crippen molar-refractivity contribution in [3.8, 4) is 0 Å². The molecule has 2 aromatic rings. The quantitative estimate of drug-likeness (QED) is 0.524. The van der Waals surface area contributed by atoms with E-state index in [2.05, 4.69) is 15.5 Å². The molecule has 36 heavy (non-hydrogen) atoms. The Kier molecular flexibility index (Phi) is 8.24. The Morgan fingerprint density at radius 2 is 1.67 bits per heavy atom. The van der Waals surface area contributed by atoms with E-state index in [4.69, 9.17) is 17.0 Å². The second kappa shape index (κ2) is 11.5. The first kappa shape index (κ1) is 25.7. The Balaban J connectivity index is 1.49. The van der Waals surface area contributed by atoms with E-state index in [9.17, 15) is 18.8 Å². The van der Waals surface area contributed by atoms with Crippen LogP contribution in [-0.4, -0.2) is 78.1 Å². The fourth-order valence-electron chi connectivity index (χ4n) is 4.24. The van der Waals surface area contributed by atoms with Gasteiger partial charge in [-0.25, -0.2) is 4.39 Å². The highest BCUT2D eigenvalue weighted by molar-refractivity contribution is 7.80. The van der Waals surface area contributed by atoms with E-state index in [0.29, 0.717) is 37.7 Å². The average molecular weight is 514 g/mol. The smallest absolute Gasteiger partial charge is 0.252 e. The van der Waals surface area contributed by atoms with Crippen molar-refractivity contribution in [1.82, 2.24) is 9.80 Å². The third kappa shape index (κ3) is 6.04. The number of nitrogens with one attached hydrogen (secondary N) is 2. The van der Waals surface area contributed by atoms with Gasteiger partial charge in [-0.2, -0.15) is 0 Å². The van der Waals surface area contributed by atoms with Crippen molar-refractivity contribution in [1.29, 1.82) is 0 Å². The SMILES string of the molecule is CC(=O)Nc1ccc(NC(=O)CC2C(=O)N(CCN3CCOCC3)C(=S)N2c2ccccc2F)cc1. The van der Waals surface area contributed by atoms with Gasteiger partial charge in [-0.15, -0.1) is 0 Å². The summed E-state index contributed by atoms with van der Waals surface area (Å²) in [5, 5.41) is 5.59. The summed E-state index contributed by atoms with van der Waals surface area (Å²) in [7, 11) is 0. The van der Waals surface area contributed by atoms with Crippen molar-refractivity contribution < 1.29 is 23.5 Å². The second-order valence-corrected chi connectivity index (χ2v) is 8.94. The maximum absolute atomic E-state index is 14.7. The van der Waals surface area contributed by atoms with Gasteiger partial charge in [0, 0.05) is 44.5 Å². The molecule has 0 bridgehead atoms. The van der Waals surface area contributed by atoms with Crippen LogP contribution in [0.4, 0.5) is 21.5 Å². The Bertz CT molecular complexity index is 1140. The van der Waals surface area contributed by atoms with Crippen LogP contribution in [0, 0.1) is 5.82 Å². The Hall–Kier alpha value is -3.41. The van der Waals surface area contributed by atoms with Gasteiger partial charge in [-0.1, -0.05) is 12.1 Å². The summed E-state index contributed by atoms with van der Waals surface area (Å²) >= 11 is 5.61. The Morgan fingerprint density at radius 3 is 2.31 bits per heavy atom. The van der Waals surface area contributed by atoms with E-state index in [1.807, 2.05) is 0 Å². The summed E-state index contributed by atoms with van der Waals surface area (Å²) in [5.74, 6) is -1.48. The number of thiocarbonyl (C=S) groups is 1. The highest BCUT2D eigenvalue weighted by Gasteiger charge is 2.44. The van der Waals surface area contributed by atoms with Crippen molar-refractivity contribution in [2.24, 2.45) is 0 Å². The number of carbonyl (C=O) groups excluding carboxylic acids is 3. The highest BCUT2D eigenvalue weighted by Crippen LogP contribution is 2.30. The van der Waals surface area contributed by atoms with Crippen molar-refractivity contribution >= 4 is 52.1 Å². The third-order valence-electron chi connectivity index (χ3n) is 6.02. The molecule has 0 aliphatic carbocycles. The van der Waals surface area contributed by atoms with Crippen LogP contribution in [0.2, 0.25) is 0 Å². The summed E-state index contributed by atoms with van der Waals surface area (Å²) in [5.41, 5.74) is 1.25. The van der Waals surface area contributed by atoms with Gasteiger partial charge in [0.2, 0.25) is 11.8 Å². The van der Waals surface area contributed by atoms with Crippen LogP contribution in [0.3, 0.4) is 0 Å². The first-order chi connectivity index (χ1) is 17.3. The minimum Gasteiger partial charge on any atom is -0.379 e. The lowest BCUT2D eigenvalue weighted by molar-refractivity contribution is -0.129. The number of morpholine rings is 1. The van der Waals surface area contributed by atoms with E-state index < -0.39 is 17.8 Å². The number of halogens is 1. The number of carbonyl (C=O) groups is 3. The number of anilines is 3. The second-order valence-electron chi connectivity index (χ2n) is 8.57. The summed E-state index contributed by atoms with van der Waals surface area (Å²) in [6, 6.07) is 11.7. The summed E-state index contributed by atoms with van der Waals surface area (Å²) in [4.78, 5) is 42.6. The third-order valence-corrected chi connectivity index (χ3v) is 6.44. The van der Waals surface area contributed by atoms with Gasteiger partial charge in [0.15, 0.2) is 5.11 Å². The number of rotatable bonds is 8. The molecule has 0 aromatic heterocycles. The summed E-state index contributed by atoms with van der Waals surface area (Å²) in [6.07, 6.45) is -0.213. The molecule has 2 fully saturated rings. The van der Waals surface area contributed by atoms with E-state index in [0.717, 1.165) is 13.1 Å². The van der Waals surface area contributed by atoms with Crippen molar-refractivity contribution in [3.63, 3.8) is 0 Å². The van der Waals surface area contributed by atoms with E-state index in [1.54, 1.807) is 42.5 Å². The molecule has 2 aliphatic rings. The molecular formula is C25H28FN5O4S. The molecule has 0 spiro atoms. The number of hydrogen-bond acceptors (Lipinski definition) is 6. The molecule has 0 radical (unpaired) electrons. The van der Waals surface area contributed by atoms with Gasteiger partial charge in [0.05, 0.1) is 25.3 Å². The first-order valence-electron chi connectivity index (χ1n) is 11.7.